The van der Waals surface area contributed by atoms with E-state index in [4.69, 9.17) is 26.8 Å². The largest absolute Gasteiger partial charge is 0.450 e. The van der Waals surface area contributed by atoms with Gasteiger partial charge in [-0.15, -0.1) is 0 Å². The summed E-state index contributed by atoms with van der Waals surface area (Å²) in [6.45, 7) is 5.24. The van der Waals surface area contributed by atoms with Crippen LogP contribution < -0.4 is 20.7 Å². The van der Waals surface area contributed by atoms with Gasteiger partial charge in [0, 0.05) is 20.2 Å². The van der Waals surface area contributed by atoms with E-state index < -0.39 is 17.5 Å². The molecule has 0 bridgehead atoms. The highest BCUT2D eigenvalue weighted by Gasteiger charge is 2.23. The number of rotatable bonds is 4. The molecule has 0 radical (unpaired) electrons. The fraction of sp³-hybridized carbons (Fsp3) is 0.316. The molecule has 160 valence electrons. The van der Waals surface area contributed by atoms with E-state index in [9.17, 15) is 9.18 Å². The van der Waals surface area contributed by atoms with Crippen LogP contribution in [0.15, 0.2) is 24.7 Å². The standard InChI is InChI=1S/C19H22ClFN6O3/c1-19(2,3)30-18(28)26(5)10-6-11(21)16-13(8-25-27(16)9-10)29-12-7-24-17(22)15(23-4)14(12)20/h6-9,23H,1-5H3,(H2,22,24). The van der Waals surface area contributed by atoms with Gasteiger partial charge in [-0.3, -0.25) is 4.90 Å². The van der Waals surface area contributed by atoms with E-state index in [2.05, 4.69) is 15.4 Å². The number of amides is 1. The molecule has 0 aliphatic carbocycles. The van der Waals surface area contributed by atoms with Gasteiger partial charge >= 0.3 is 6.09 Å². The first-order valence-electron chi connectivity index (χ1n) is 8.95. The van der Waals surface area contributed by atoms with E-state index in [-0.39, 0.29) is 33.5 Å². The minimum Gasteiger partial charge on any atom is -0.450 e. The number of carbonyl (C=O) groups excluding carboxylic acids is 1. The molecule has 0 aromatic carbocycles. The average molecular weight is 437 g/mol. The van der Waals surface area contributed by atoms with E-state index in [1.807, 2.05) is 0 Å². The smallest absolute Gasteiger partial charge is 0.414 e. The molecule has 3 aromatic rings. The first kappa shape index (κ1) is 21.4. The lowest BCUT2D eigenvalue weighted by Gasteiger charge is -2.24. The maximum atomic E-state index is 14.9. The normalized spacial score (nSPS) is 11.4. The number of nitrogens with two attached hydrogens (primary N) is 1. The number of carbonyl (C=O) groups is 1. The van der Waals surface area contributed by atoms with Crippen molar-refractivity contribution >= 4 is 40.4 Å². The highest BCUT2D eigenvalue weighted by atomic mass is 35.5. The summed E-state index contributed by atoms with van der Waals surface area (Å²) >= 11 is 6.29. The predicted molar refractivity (Wildman–Crippen MR) is 113 cm³/mol. The van der Waals surface area contributed by atoms with Crippen molar-refractivity contribution < 1.29 is 18.7 Å². The lowest BCUT2D eigenvalue weighted by Crippen LogP contribution is -2.34. The van der Waals surface area contributed by atoms with Crippen LogP contribution in [0.3, 0.4) is 0 Å². The number of halogens is 2. The van der Waals surface area contributed by atoms with Gasteiger partial charge in [0.2, 0.25) is 0 Å². The predicted octanol–water partition coefficient (Wildman–Crippen LogP) is 4.31. The molecule has 3 aromatic heterocycles. The first-order chi connectivity index (χ1) is 14.0. The third-order valence-corrected chi connectivity index (χ3v) is 4.43. The summed E-state index contributed by atoms with van der Waals surface area (Å²) in [5.74, 6) is -0.145. The Hall–Kier alpha value is -3.27. The van der Waals surface area contributed by atoms with Crippen LogP contribution in [0.1, 0.15) is 20.8 Å². The van der Waals surface area contributed by atoms with Crippen LogP contribution in [-0.2, 0) is 4.74 Å². The van der Waals surface area contributed by atoms with Crippen molar-refractivity contribution in [2.24, 2.45) is 0 Å². The Bertz CT molecular complexity index is 1110. The van der Waals surface area contributed by atoms with Gasteiger partial charge in [-0.25, -0.2) is 18.7 Å². The molecule has 0 atom stereocenters. The number of fused-ring (bicyclic) bond motifs is 1. The van der Waals surface area contributed by atoms with Crippen molar-refractivity contribution in [3.63, 3.8) is 0 Å². The van der Waals surface area contributed by atoms with Gasteiger partial charge < -0.3 is 20.5 Å². The molecule has 0 aliphatic rings. The summed E-state index contributed by atoms with van der Waals surface area (Å²) in [7, 11) is 3.12. The summed E-state index contributed by atoms with van der Waals surface area (Å²) in [6, 6.07) is 1.19. The molecule has 3 N–H and O–H groups in total. The average Bonchev–Trinajstić information content (AvgIpc) is 3.05. The van der Waals surface area contributed by atoms with Crippen molar-refractivity contribution in [3.8, 4) is 11.5 Å². The number of nitrogen functional groups attached to an aromatic ring is 1. The number of ether oxygens (including phenoxy) is 2. The summed E-state index contributed by atoms with van der Waals surface area (Å²) in [5.41, 5.74) is 5.80. The summed E-state index contributed by atoms with van der Waals surface area (Å²) in [5, 5.41) is 7.15. The Kier molecular flexibility index (Phi) is 5.62. The van der Waals surface area contributed by atoms with Gasteiger partial charge in [-0.2, -0.15) is 5.10 Å². The molecule has 0 aliphatic heterocycles. The molecule has 9 nitrogen and oxygen atoms in total. The third-order valence-electron chi connectivity index (χ3n) is 4.05. The molecule has 30 heavy (non-hydrogen) atoms. The third kappa shape index (κ3) is 4.18. The minimum atomic E-state index is -0.681. The van der Waals surface area contributed by atoms with E-state index >= 15 is 0 Å². The molecule has 0 saturated heterocycles. The van der Waals surface area contributed by atoms with Crippen molar-refractivity contribution in [1.29, 1.82) is 0 Å². The summed E-state index contributed by atoms with van der Waals surface area (Å²) in [6.07, 6.45) is 3.53. The summed E-state index contributed by atoms with van der Waals surface area (Å²) in [4.78, 5) is 17.5. The number of hydrogen-bond acceptors (Lipinski definition) is 7. The number of anilines is 3. The maximum Gasteiger partial charge on any atom is 0.414 e. The van der Waals surface area contributed by atoms with Gasteiger partial charge in [0.15, 0.2) is 17.3 Å². The van der Waals surface area contributed by atoms with Gasteiger partial charge in [-0.05, 0) is 20.8 Å². The monoisotopic (exact) mass is 436 g/mol. The molecule has 11 heteroatoms. The van der Waals surface area contributed by atoms with Crippen LogP contribution in [0.2, 0.25) is 5.02 Å². The number of hydrogen-bond donors (Lipinski definition) is 2. The number of pyridine rings is 2. The molecular weight excluding hydrogens is 415 g/mol. The Morgan fingerprint density at radius 3 is 2.67 bits per heavy atom. The van der Waals surface area contributed by atoms with Crippen molar-refractivity contribution in [2.45, 2.75) is 26.4 Å². The van der Waals surface area contributed by atoms with Crippen LogP contribution in [0.4, 0.5) is 26.4 Å². The molecule has 3 heterocycles. The quantitative estimate of drug-likeness (QED) is 0.627. The second-order valence-corrected chi connectivity index (χ2v) is 7.81. The van der Waals surface area contributed by atoms with Gasteiger partial charge in [0.1, 0.15) is 22.0 Å². The number of nitrogens with zero attached hydrogens (tertiary/aromatic N) is 4. The molecule has 0 fully saturated rings. The zero-order valence-electron chi connectivity index (χ0n) is 17.2. The summed E-state index contributed by atoms with van der Waals surface area (Å²) < 4.78 is 27.2. The molecule has 3 rings (SSSR count). The molecule has 0 unspecified atom stereocenters. The van der Waals surface area contributed by atoms with Crippen molar-refractivity contribution in [3.05, 3.63) is 35.5 Å². The molecule has 0 spiro atoms. The van der Waals surface area contributed by atoms with Crippen LogP contribution in [-0.4, -0.2) is 40.4 Å². The van der Waals surface area contributed by atoms with Crippen molar-refractivity contribution in [1.82, 2.24) is 14.6 Å². The zero-order valence-corrected chi connectivity index (χ0v) is 17.9. The second kappa shape index (κ2) is 7.86. The van der Waals surface area contributed by atoms with E-state index in [1.54, 1.807) is 27.8 Å². The molecular formula is C19H22ClFN6O3. The minimum absolute atomic E-state index is 0.0650. The van der Waals surface area contributed by atoms with Gasteiger partial charge in [-0.1, -0.05) is 11.6 Å². The zero-order chi connectivity index (χ0) is 22.2. The van der Waals surface area contributed by atoms with Crippen LogP contribution in [0, 0.1) is 5.82 Å². The topological polar surface area (TPSA) is 107 Å². The highest BCUT2D eigenvalue weighted by Crippen LogP contribution is 2.38. The second-order valence-electron chi connectivity index (χ2n) is 7.44. The van der Waals surface area contributed by atoms with Gasteiger partial charge in [0.25, 0.3) is 0 Å². The van der Waals surface area contributed by atoms with Crippen LogP contribution in [0.5, 0.6) is 11.5 Å². The maximum absolute atomic E-state index is 14.9. The SMILES string of the molecule is CNc1c(N)ncc(Oc2cnn3cc(N(C)C(=O)OC(C)(C)C)cc(F)c23)c1Cl. The number of nitrogens with one attached hydrogen (secondary N) is 1. The van der Waals surface area contributed by atoms with Crippen molar-refractivity contribution in [2.75, 3.05) is 30.0 Å². The van der Waals surface area contributed by atoms with E-state index in [0.29, 0.717) is 5.69 Å². The first-order valence-corrected chi connectivity index (χ1v) is 9.32. The Labute approximate surface area is 177 Å². The van der Waals surface area contributed by atoms with Gasteiger partial charge in [0.05, 0.1) is 30.0 Å². The fourth-order valence-electron chi connectivity index (χ4n) is 2.64. The van der Waals surface area contributed by atoms with Crippen LogP contribution in [0.25, 0.3) is 5.52 Å². The number of aromatic nitrogens is 3. The van der Waals surface area contributed by atoms with Crippen LogP contribution >= 0.6 is 11.6 Å². The molecule has 0 saturated carbocycles. The Morgan fingerprint density at radius 2 is 2.03 bits per heavy atom. The lowest BCUT2D eigenvalue weighted by molar-refractivity contribution is 0.0589. The Morgan fingerprint density at radius 1 is 1.33 bits per heavy atom. The molecule has 1 amide bonds. The van der Waals surface area contributed by atoms with E-state index in [0.717, 1.165) is 0 Å². The van der Waals surface area contributed by atoms with E-state index in [1.165, 1.54) is 41.1 Å². The highest BCUT2D eigenvalue weighted by molar-refractivity contribution is 6.35. The fourth-order valence-corrected chi connectivity index (χ4v) is 2.92. The lowest BCUT2D eigenvalue weighted by atomic mass is 10.2. The Balaban J connectivity index is 1.95.